The van der Waals surface area contributed by atoms with Crippen molar-refractivity contribution in [1.29, 1.82) is 0 Å². The van der Waals surface area contributed by atoms with Crippen molar-refractivity contribution in [2.45, 2.75) is 31.1 Å². The Balaban J connectivity index is 2.50. The zero-order valence-corrected chi connectivity index (χ0v) is 12.3. The summed E-state index contributed by atoms with van der Waals surface area (Å²) < 4.78 is 0. The second kappa shape index (κ2) is 8.99. The first-order valence-corrected chi connectivity index (χ1v) is 6.92. The number of benzene rings is 1. The van der Waals surface area contributed by atoms with Gasteiger partial charge in [-0.25, -0.2) is 4.79 Å². The van der Waals surface area contributed by atoms with Gasteiger partial charge in [-0.1, -0.05) is 30.3 Å². The van der Waals surface area contributed by atoms with E-state index in [-0.39, 0.29) is 13.0 Å². The van der Waals surface area contributed by atoms with Crippen molar-refractivity contribution >= 4 is 17.7 Å². The molecule has 0 radical (unpaired) electrons. The van der Waals surface area contributed by atoms with E-state index in [2.05, 4.69) is 5.32 Å². The zero-order chi connectivity index (χ0) is 17.4. The molecular formula is C15H19NO7. The van der Waals surface area contributed by atoms with Gasteiger partial charge in [0.05, 0.1) is 12.6 Å². The minimum atomic E-state index is -2.06. The van der Waals surface area contributed by atoms with Crippen LogP contribution in [0.3, 0.4) is 0 Å². The molecule has 8 nitrogen and oxygen atoms in total. The van der Waals surface area contributed by atoms with Crippen LogP contribution in [0.5, 0.6) is 0 Å². The van der Waals surface area contributed by atoms with Crippen molar-refractivity contribution in [1.82, 2.24) is 5.32 Å². The van der Waals surface area contributed by atoms with Gasteiger partial charge in [-0.05, 0) is 12.0 Å². The smallest absolute Gasteiger partial charge is 0.335 e. The highest BCUT2D eigenvalue weighted by molar-refractivity contribution is 5.83. The lowest BCUT2D eigenvalue weighted by atomic mass is 10.0. The molecule has 126 valence electrons. The Kier molecular flexibility index (Phi) is 7.33. The quantitative estimate of drug-likeness (QED) is 0.370. The average molecular weight is 325 g/mol. The number of carbonyl (C=O) groups is 3. The summed E-state index contributed by atoms with van der Waals surface area (Å²) in [5.41, 5.74) is 0.779. The number of aliphatic hydroxyl groups excluding tert-OH is 2. The van der Waals surface area contributed by atoms with Crippen molar-refractivity contribution in [2.24, 2.45) is 0 Å². The summed E-state index contributed by atoms with van der Waals surface area (Å²) in [5.74, 6) is -3.37. The third-order valence-electron chi connectivity index (χ3n) is 3.18. The largest absolute Gasteiger partial charge is 0.480 e. The summed E-state index contributed by atoms with van der Waals surface area (Å²) in [6.45, 7) is -0.354. The van der Waals surface area contributed by atoms with Gasteiger partial charge in [0.1, 0.15) is 11.8 Å². The SMILES string of the molecule is O=C(CN[C@H](Cc1ccccc1)C(=O)O)C[C@H](O)C(O)C(=O)O. The summed E-state index contributed by atoms with van der Waals surface area (Å²) in [5, 5.41) is 38.7. The van der Waals surface area contributed by atoms with E-state index in [9.17, 15) is 19.5 Å². The van der Waals surface area contributed by atoms with Crippen LogP contribution in [-0.2, 0) is 20.8 Å². The molecule has 0 saturated heterocycles. The zero-order valence-electron chi connectivity index (χ0n) is 12.3. The number of rotatable bonds is 10. The predicted molar refractivity (Wildman–Crippen MR) is 78.8 cm³/mol. The molecule has 0 aliphatic carbocycles. The van der Waals surface area contributed by atoms with Crippen LogP contribution in [0, 0.1) is 0 Å². The van der Waals surface area contributed by atoms with Crippen LogP contribution in [0.2, 0.25) is 0 Å². The Labute approximate surface area is 132 Å². The van der Waals surface area contributed by atoms with E-state index in [0.717, 1.165) is 5.56 Å². The van der Waals surface area contributed by atoms with Crippen molar-refractivity contribution in [3.63, 3.8) is 0 Å². The highest BCUT2D eigenvalue weighted by atomic mass is 16.4. The maximum Gasteiger partial charge on any atom is 0.335 e. The third-order valence-corrected chi connectivity index (χ3v) is 3.18. The van der Waals surface area contributed by atoms with Crippen LogP contribution in [0.15, 0.2) is 30.3 Å². The number of carboxylic acid groups (broad SMARTS) is 2. The molecule has 23 heavy (non-hydrogen) atoms. The van der Waals surface area contributed by atoms with Crippen LogP contribution in [0.25, 0.3) is 0 Å². The monoisotopic (exact) mass is 325 g/mol. The first kappa shape index (κ1) is 18.8. The van der Waals surface area contributed by atoms with E-state index in [1.54, 1.807) is 30.3 Å². The molecule has 8 heteroatoms. The second-order valence-electron chi connectivity index (χ2n) is 5.05. The average Bonchev–Trinajstić information content (AvgIpc) is 2.51. The Morgan fingerprint density at radius 1 is 1.00 bits per heavy atom. The molecule has 0 aliphatic rings. The fourth-order valence-corrected chi connectivity index (χ4v) is 1.92. The molecule has 0 heterocycles. The summed E-state index contributed by atoms with van der Waals surface area (Å²) in [6, 6.07) is 7.85. The van der Waals surface area contributed by atoms with Gasteiger partial charge >= 0.3 is 11.9 Å². The third kappa shape index (κ3) is 6.55. The molecular weight excluding hydrogens is 306 g/mol. The maximum absolute atomic E-state index is 11.6. The molecule has 1 rings (SSSR count). The minimum Gasteiger partial charge on any atom is -0.480 e. The topological polar surface area (TPSA) is 144 Å². The normalized spacial score (nSPS) is 14.7. The molecule has 5 N–H and O–H groups in total. The summed E-state index contributed by atoms with van der Waals surface area (Å²) in [4.78, 5) is 33.3. The number of hydrogen-bond acceptors (Lipinski definition) is 6. The van der Waals surface area contributed by atoms with Gasteiger partial charge in [0.25, 0.3) is 0 Å². The van der Waals surface area contributed by atoms with E-state index >= 15 is 0 Å². The number of aliphatic hydroxyl groups is 2. The molecule has 3 atom stereocenters. The molecule has 0 spiro atoms. The molecule has 1 aromatic carbocycles. The van der Waals surface area contributed by atoms with E-state index in [4.69, 9.17) is 15.3 Å². The van der Waals surface area contributed by atoms with Crippen LogP contribution >= 0.6 is 0 Å². The van der Waals surface area contributed by atoms with Crippen molar-refractivity contribution in [3.05, 3.63) is 35.9 Å². The van der Waals surface area contributed by atoms with E-state index < -0.39 is 42.4 Å². The summed E-state index contributed by atoms with van der Waals surface area (Å²) in [7, 11) is 0. The van der Waals surface area contributed by atoms with Gasteiger partial charge < -0.3 is 20.4 Å². The number of ketones is 1. The van der Waals surface area contributed by atoms with Gasteiger partial charge in [0, 0.05) is 6.42 Å². The number of carbonyl (C=O) groups excluding carboxylic acids is 1. The first-order valence-electron chi connectivity index (χ1n) is 6.92. The van der Waals surface area contributed by atoms with Crippen LogP contribution in [0.1, 0.15) is 12.0 Å². The second-order valence-corrected chi connectivity index (χ2v) is 5.05. The van der Waals surface area contributed by atoms with Gasteiger partial charge in [-0.3, -0.25) is 14.9 Å². The highest BCUT2D eigenvalue weighted by Crippen LogP contribution is 2.04. The Morgan fingerprint density at radius 3 is 2.13 bits per heavy atom. The molecule has 0 bridgehead atoms. The summed E-state index contributed by atoms with van der Waals surface area (Å²) in [6.07, 6.45) is -4.21. The Bertz CT molecular complexity index is 546. The van der Waals surface area contributed by atoms with E-state index in [0.29, 0.717) is 0 Å². The van der Waals surface area contributed by atoms with E-state index in [1.807, 2.05) is 0 Å². The van der Waals surface area contributed by atoms with E-state index in [1.165, 1.54) is 0 Å². The van der Waals surface area contributed by atoms with Crippen molar-refractivity contribution in [2.75, 3.05) is 6.54 Å². The fourth-order valence-electron chi connectivity index (χ4n) is 1.92. The number of carboxylic acids is 2. The molecule has 1 aromatic rings. The highest BCUT2D eigenvalue weighted by Gasteiger charge is 2.26. The first-order chi connectivity index (χ1) is 10.8. The van der Waals surface area contributed by atoms with Crippen molar-refractivity contribution in [3.8, 4) is 0 Å². The fraction of sp³-hybridized carbons (Fsp3) is 0.400. The molecule has 0 saturated carbocycles. The number of aliphatic carboxylic acids is 2. The van der Waals surface area contributed by atoms with Gasteiger partial charge in [0.15, 0.2) is 6.10 Å². The lowest BCUT2D eigenvalue weighted by Crippen LogP contribution is -2.43. The maximum atomic E-state index is 11.6. The van der Waals surface area contributed by atoms with Crippen molar-refractivity contribution < 1.29 is 34.8 Å². The van der Waals surface area contributed by atoms with Crippen LogP contribution in [0.4, 0.5) is 0 Å². The van der Waals surface area contributed by atoms with Gasteiger partial charge in [-0.15, -0.1) is 0 Å². The molecule has 0 amide bonds. The molecule has 0 fully saturated rings. The van der Waals surface area contributed by atoms with Crippen LogP contribution < -0.4 is 5.32 Å². The molecule has 1 unspecified atom stereocenters. The molecule has 0 aliphatic heterocycles. The standard InChI is InChI=1S/C15H19NO7/c17-10(7-12(18)13(19)15(22)23)8-16-11(14(20)21)6-9-4-2-1-3-5-9/h1-5,11-13,16,18-19H,6-8H2,(H,20,21)(H,22,23)/t11-,12+,13?/m1/s1. The summed E-state index contributed by atoms with van der Waals surface area (Å²) >= 11 is 0. The Morgan fingerprint density at radius 2 is 1.61 bits per heavy atom. The van der Waals surface area contributed by atoms with Crippen LogP contribution in [-0.4, -0.2) is 62.9 Å². The van der Waals surface area contributed by atoms with Gasteiger partial charge in [-0.2, -0.15) is 0 Å². The number of nitrogens with one attached hydrogen (secondary N) is 1. The number of Topliss-reactive ketones (excluding diaryl/α,β-unsaturated/α-hetero) is 1. The van der Waals surface area contributed by atoms with Gasteiger partial charge in [0.2, 0.25) is 0 Å². The number of hydrogen-bond donors (Lipinski definition) is 5. The lowest BCUT2D eigenvalue weighted by Gasteiger charge is -2.16. The Hall–Kier alpha value is -2.29. The predicted octanol–water partition coefficient (Wildman–Crippen LogP) is -0.962. The minimum absolute atomic E-state index is 0.170. The molecule has 0 aromatic heterocycles. The lowest BCUT2D eigenvalue weighted by molar-refractivity contribution is -0.153.